The number of para-hydroxylation sites is 1. The first-order valence-corrected chi connectivity index (χ1v) is 18.5. The molecule has 10 aromatic carbocycles. The molecule has 0 saturated carbocycles. The lowest BCUT2D eigenvalue weighted by Gasteiger charge is -2.27. The quantitative estimate of drug-likeness (QED) is 0.168. The van der Waals surface area contributed by atoms with Crippen LogP contribution < -0.4 is 4.90 Å². The van der Waals surface area contributed by atoms with Crippen LogP contribution in [0.2, 0.25) is 0 Å². The van der Waals surface area contributed by atoms with E-state index in [0.29, 0.717) is 0 Å². The Hall–Kier alpha value is -7.16. The number of anilines is 3. The maximum atomic E-state index is 6.66. The van der Waals surface area contributed by atoms with Crippen LogP contribution in [-0.2, 0) is 0 Å². The second-order valence-electron chi connectivity index (χ2n) is 14.1. The summed E-state index contributed by atoms with van der Waals surface area (Å²) in [5, 5.41) is 12.0. The molecule has 0 fully saturated rings. The van der Waals surface area contributed by atoms with E-state index in [1.165, 1.54) is 54.6 Å². The van der Waals surface area contributed by atoms with E-state index in [4.69, 9.17) is 4.42 Å². The van der Waals surface area contributed by atoms with Gasteiger partial charge < -0.3 is 9.32 Å². The van der Waals surface area contributed by atoms with Gasteiger partial charge in [0, 0.05) is 27.5 Å². The summed E-state index contributed by atoms with van der Waals surface area (Å²) in [6.45, 7) is 0. The Balaban J connectivity index is 1.07. The summed E-state index contributed by atoms with van der Waals surface area (Å²) in [5.74, 6) is 0. The summed E-state index contributed by atoms with van der Waals surface area (Å²) >= 11 is 0. The van der Waals surface area contributed by atoms with E-state index in [9.17, 15) is 0 Å². The van der Waals surface area contributed by atoms with E-state index in [0.717, 1.165) is 49.8 Å². The number of hydrogen-bond donors (Lipinski definition) is 0. The van der Waals surface area contributed by atoms with E-state index < -0.39 is 0 Å². The normalized spacial score (nSPS) is 11.7. The van der Waals surface area contributed by atoms with Gasteiger partial charge in [-0.15, -0.1) is 0 Å². The first-order valence-electron chi connectivity index (χ1n) is 18.5. The third-order valence-electron chi connectivity index (χ3n) is 11.0. The predicted molar refractivity (Wildman–Crippen MR) is 229 cm³/mol. The second kappa shape index (κ2) is 12.2. The Morgan fingerprint density at radius 1 is 0.333 bits per heavy atom. The fourth-order valence-corrected chi connectivity index (χ4v) is 8.41. The minimum absolute atomic E-state index is 0.897. The van der Waals surface area contributed by atoms with Crippen LogP contribution in [0.15, 0.2) is 205 Å². The summed E-state index contributed by atoms with van der Waals surface area (Å²) < 4.78 is 6.66. The van der Waals surface area contributed by atoms with Gasteiger partial charge in [-0.05, 0) is 108 Å². The van der Waals surface area contributed by atoms with Crippen molar-refractivity contribution in [3.05, 3.63) is 200 Å². The molecule has 0 aliphatic heterocycles. The van der Waals surface area contributed by atoms with Gasteiger partial charge in [-0.1, -0.05) is 152 Å². The molecule has 0 atom stereocenters. The van der Waals surface area contributed by atoms with Gasteiger partial charge in [0.05, 0.1) is 5.69 Å². The number of furan rings is 1. The molecule has 1 aromatic heterocycles. The molecular formula is C52H33NO. The van der Waals surface area contributed by atoms with Crippen molar-refractivity contribution in [3.8, 4) is 22.3 Å². The molecule has 0 saturated heterocycles. The van der Waals surface area contributed by atoms with Gasteiger partial charge in [0.15, 0.2) is 0 Å². The number of fused-ring (bicyclic) bond motifs is 9. The minimum atomic E-state index is 0.897. The van der Waals surface area contributed by atoms with E-state index >= 15 is 0 Å². The van der Waals surface area contributed by atoms with Crippen molar-refractivity contribution >= 4 is 82.1 Å². The lowest BCUT2D eigenvalue weighted by atomic mass is 9.97. The zero-order valence-electron chi connectivity index (χ0n) is 29.4. The van der Waals surface area contributed by atoms with Crippen LogP contribution in [0.3, 0.4) is 0 Å². The molecule has 252 valence electrons. The molecule has 0 spiro atoms. The third-order valence-corrected chi connectivity index (χ3v) is 11.0. The van der Waals surface area contributed by atoms with Crippen molar-refractivity contribution in [2.24, 2.45) is 0 Å². The van der Waals surface area contributed by atoms with Gasteiger partial charge in [0.1, 0.15) is 11.2 Å². The molecule has 2 heteroatoms. The van der Waals surface area contributed by atoms with Crippen molar-refractivity contribution in [2.45, 2.75) is 0 Å². The molecule has 0 amide bonds. The van der Waals surface area contributed by atoms with Gasteiger partial charge in [-0.2, -0.15) is 0 Å². The predicted octanol–water partition coefficient (Wildman–Crippen LogP) is 15.0. The van der Waals surface area contributed by atoms with E-state index in [-0.39, 0.29) is 0 Å². The molecule has 2 nitrogen and oxygen atoms in total. The van der Waals surface area contributed by atoms with Crippen LogP contribution in [0.4, 0.5) is 17.1 Å². The highest BCUT2D eigenvalue weighted by atomic mass is 16.3. The molecule has 0 aliphatic rings. The van der Waals surface area contributed by atoms with Crippen LogP contribution in [0.25, 0.3) is 87.3 Å². The zero-order chi connectivity index (χ0) is 35.6. The van der Waals surface area contributed by atoms with E-state index in [2.05, 4.69) is 199 Å². The molecule has 1 heterocycles. The molecule has 0 bridgehead atoms. The number of nitrogens with zero attached hydrogens (tertiary/aromatic N) is 1. The summed E-state index contributed by atoms with van der Waals surface area (Å²) in [4.78, 5) is 2.37. The fraction of sp³-hybridized carbons (Fsp3) is 0. The number of rotatable bonds is 5. The smallest absolute Gasteiger partial charge is 0.145 e. The minimum Gasteiger partial charge on any atom is -0.455 e. The Morgan fingerprint density at radius 2 is 0.889 bits per heavy atom. The van der Waals surface area contributed by atoms with Crippen LogP contribution in [0.1, 0.15) is 0 Å². The monoisotopic (exact) mass is 687 g/mol. The van der Waals surface area contributed by atoms with Crippen LogP contribution in [0.5, 0.6) is 0 Å². The third kappa shape index (κ3) is 4.88. The van der Waals surface area contributed by atoms with Crippen molar-refractivity contribution in [2.75, 3.05) is 4.90 Å². The first kappa shape index (κ1) is 30.5. The molecule has 11 rings (SSSR count). The highest BCUT2D eigenvalue weighted by Crippen LogP contribution is 2.44. The number of hydrogen-bond acceptors (Lipinski definition) is 2. The van der Waals surface area contributed by atoms with Crippen molar-refractivity contribution in [1.82, 2.24) is 0 Å². The Labute approximate surface area is 312 Å². The van der Waals surface area contributed by atoms with Gasteiger partial charge in [-0.25, -0.2) is 0 Å². The Morgan fingerprint density at radius 3 is 1.70 bits per heavy atom. The molecule has 0 unspecified atom stereocenters. The van der Waals surface area contributed by atoms with Crippen molar-refractivity contribution < 1.29 is 4.42 Å². The lowest BCUT2D eigenvalue weighted by molar-refractivity contribution is 0.672. The maximum absolute atomic E-state index is 6.66. The van der Waals surface area contributed by atoms with E-state index in [1.54, 1.807) is 0 Å². The number of benzene rings is 10. The summed E-state index contributed by atoms with van der Waals surface area (Å²) in [5.41, 5.74) is 9.81. The van der Waals surface area contributed by atoms with Crippen molar-refractivity contribution in [1.29, 1.82) is 0 Å². The Kier molecular flexibility index (Phi) is 6.90. The summed E-state index contributed by atoms with van der Waals surface area (Å²) in [7, 11) is 0. The summed E-state index contributed by atoms with van der Waals surface area (Å²) in [6, 6.07) is 72.3. The highest BCUT2D eigenvalue weighted by Gasteiger charge is 2.20. The van der Waals surface area contributed by atoms with Crippen molar-refractivity contribution in [3.63, 3.8) is 0 Å². The second-order valence-corrected chi connectivity index (χ2v) is 14.1. The average Bonchev–Trinajstić information content (AvgIpc) is 3.63. The SMILES string of the molecule is c1ccc2c(-c3ccc(N(c4ccc(-c5ccc6c(ccc7ccccc76)c5)cc4)c4cccc5ccc6c7ccccc7oc6c45)cc3)cccc2c1. The van der Waals surface area contributed by atoms with Crippen LogP contribution in [0, 0.1) is 0 Å². The molecule has 0 radical (unpaired) electrons. The molecule has 0 aliphatic carbocycles. The van der Waals surface area contributed by atoms with E-state index in [1.807, 2.05) is 6.07 Å². The molecule has 11 aromatic rings. The van der Waals surface area contributed by atoms with Gasteiger partial charge in [0.2, 0.25) is 0 Å². The van der Waals surface area contributed by atoms with Gasteiger partial charge >= 0.3 is 0 Å². The zero-order valence-corrected chi connectivity index (χ0v) is 29.4. The van der Waals surface area contributed by atoms with Crippen LogP contribution >= 0.6 is 0 Å². The molecule has 54 heavy (non-hydrogen) atoms. The van der Waals surface area contributed by atoms with Gasteiger partial charge in [-0.3, -0.25) is 0 Å². The summed E-state index contributed by atoms with van der Waals surface area (Å²) in [6.07, 6.45) is 0. The maximum Gasteiger partial charge on any atom is 0.145 e. The molecule has 0 N–H and O–H groups in total. The fourth-order valence-electron chi connectivity index (χ4n) is 8.41. The topological polar surface area (TPSA) is 16.4 Å². The van der Waals surface area contributed by atoms with Crippen LogP contribution in [-0.4, -0.2) is 0 Å². The highest BCUT2D eigenvalue weighted by molar-refractivity contribution is 6.19. The largest absolute Gasteiger partial charge is 0.455 e. The first-order chi connectivity index (χ1) is 26.8. The average molecular weight is 688 g/mol. The standard InChI is InChI=1S/C52H33NO/c1-3-13-43-35(9-1)11-7-16-45(43)37-23-29-42(30-24-37)53(49-17-8-12-38-25-32-48-47-15-5-6-18-50(47)54-52(48)51(38)49)41-27-21-34(22-28-41)39-26-31-46-40(33-39)20-19-36-10-2-4-14-44(36)46/h1-33H. The Bertz CT molecular complexity index is 3200. The molecular weight excluding hydrogens is 655 g/mol. The lowest BCUT2D eigenvalue weighted by Crippen LogP contribution is -2.10. The van der Waals surface area contributed by atoms with Gasteiger partial charge in [0.25, 0.3) is 0 Å².